The zero-order valence-electron chi connectivity index (χ0n) is 16.4. The van der Waals surface area contributed by atoms with Crippen molar-refractivity contribution in [2.75, 3.05) is 17.2 Å². The molecule has 5 rings (SSSR count). The highest BCUT2D eigenvalue weighted by atomic mass is 32.1. The molecule has 0 fully saturated rings. The molecule has 28 heavy (non-hydrogen) atoms. The van der Waals surface area contributed by atoms with Crippen LogP contribution in [0.25, 0.3) is 10.2 Å². The number of thiophene rings is 1. The second kappa shape index (κ2) is 6.62. The lowest BCUT2D eigenvalue weighted by Crippen LogP contribution is -2.34. The number of rotatable bonds is 2. The van der Waals surface area contributed by atoms with E-state index in [1.54, 1.807) is 11.3 Å². The number of H-pyrrole nitrogens is 1. The molecule has 1 aliphatic carbocycles. The third-order valence-electron chi connectivity index (χ3n) is 6.37. The number of aromatic nitrogens is 2. The Morgan fingerprint density at radius 3 is 3.04 bits per heavy atom. The van der Waals surface area contributed by atoms with E-state index in [0.29, 0.717) is 5.92 Å². The van der Waals surface area contributed by atoms with Crippen molar-refractivity contribution in [3.05, 3.63) is 50.4 Å². The van der Waals surface area contributed by atoms with Crippen LogP contribution in [-0.4, -0.2) is 16.5 Å². The molecule has 1 aromatic carbocycles. The lowest BCUT2D eigenvalue weighted by molar-refractivity contribution is 0.509. The van der Waals surface area contributed by atoms with Gasteiger partial charge in [0.05, 0.1) is 11.4 Å². The first-order valence-electron chi connectivity index (χ1n) is 10.2. The average Bonchev–Trinajstić information content (AvgIpc) is 3.05. The molecule has 3 N–H and O–H groups in total. The number of aryl methyl sites for hydroxylation is 1. The summed E-state index contributed by atoms with van der Waals surface area (Å²) in [5.74, 6) is 1.44. The fourth-order valence-electron chi connectivity index (χ4n) is 4.79. The number of nitrogens with one attached hydrogen (secondary N) is 1. The van der Waals surface area contributed by atoms with Gasteiger partial charge in [0.25, 0.3) is 5.56 Å². The molecule has 5 nitrogen and oxygen atoms in total. The molecule has 0 saturated carbocycles. The fraction of sp³-hybridized carbons (Fsp3) is 0.455. The maximum absolute atomic E-state index is 13.0. The third kappa shape index (κ3) is 2.73. The second-order valence-corrected chi connectivity index (χ2v) is 9.38. The number of benzene rings is 1. The number of nitrogens with zero attached hydrogens (tertiary/aromatic N) is 2. The summed E-state index contributed by atoms with van der Waals surface area (Å²) in [5, 5.41) is 0.825. The fourth-order valence-corrected chi connectivity index (χ4v) is 6.18. The van der Waals surface area contributed by atoms with Gasteiger partial charge in [-0.05, 0) is 68.2 Å². The lowest BCUT2D eigenvalue weighted by Gasteiger charge is -2.36. The number of aromatic amines is 1. The van der Waals surface area contributed by atoms with Gasteiger partial charge >= 0.3 is 0 Å². The zero-order chi connectivity index (χ0) is 19.4. The van der Waals surface area contributed by atoms with Crippen LogP contribution in [-0.2, 0) is 19.3 Å². The highest BCUT2D eigenvalue weighted by Crippen LogP contribution is 2.38. The van der Waals surface area contributed by atoms with Gasteiger partial charge in [-0.25, -0.2) is 4.98 Å². The van der Waals surface area contributed by atoms with Gasteiger partial charge in [-0.3, -0.25) is 4.79 Å². The van der Waals surface area contributed by atoms with Crippen LogP contribution in [0.2, 0.25) is 0 Å². The normalized spacial score (nSPS) is 20.1. The number of hydrogen-bond donors (Lipinski definition) is 2. The van der Waals surface area contributed by atoms with Gasteiger partial charge in [0, 0.05) is 22.8 Å². The van der Waals surface area contributed by atoms with E-state index in [2.05, 4.69) is 29.8 Å². The van der Waals surface area contributed by atoms with Crippen LogP contribution >= 0.6 is 11.3 Å². The first-order chi connectivity index (χ1) is 13.5. The summed E-state index contributed by atoms with van der Waals surface area (Å²) in [6.45, 7) is 5.35. The Morgan fingerprint density at radius 2 is 2.18 bits per heavy atom. The zero-order valence-corrected chi connectivity index (χ0v) is 17.2. The van der Waals surface area contributed by atoms with Crippen LogP contribution < -0.4 is 16.2 Å². The maximum Gasteiger partial charge on any atom is 0.259 e. The molecule has 2 atom stereocenters. The number of nitrogen functional groups attached to an aromatic ring is 1. The number of nitrogens with two attached hydrogens (primary N) is 1. The minimum Gasteiger partial charge on any atom is -0.398 e. The first kappa shape index (κ1) is 17.7. The van der Waals surface area contributed by atoms with Crippen LogP contribution in [0, 0.1) is 5.92 Å². The van der Waals surface area contributed by atoms with Crippen LogP contribution in [0.3, 0.4) is 0 Å². The topological polar surface area (TPSA) is 75.0 Å². The molecular formula is C22H26N4OS. The minimum atomic E-state index is -0.00370. The Labute approximate surface area is 168 Å². The maximum atomic E-state index is 13.0. The highest BCUT2D eigenvalue weighted by molar-refractivity contribution is 7.18. The minimum absolute atomic E-state index is 0.00370. The molecule has 1 aliphatic heterocycles. The van der Waals surface area contributed by atoms with Gasteiger partial charge in [-0.1, -0.05) is 13.0 Å². The van der Waals surface area contributed by atoms with Crippen molar-refractivity contribution < 1.29 is 0 Å². The predicted molar refractivity (Wildman–Crippen MR) is 116 cm³/mol. The number of hydrogen-bond acceptors (Lipinski definition) is 5. The molecule has 3 heterocycles. The highest BCUT2D eigenvalue weighted by Gasteiger charge is 2.27. The molecule has 2 unspecified atom stereocenters. The molecular weight excluding hydrogens is 368 g/mol. The van der Waals surface area contributed by atoms with Crippen molar-refractivity contribution in [3.8, 4) is 0 Å². The molecule has 2 aliphatic rings. The number of fused-ring (bicyclic) bond motifs is 4. The van der Waals surface area contributed by atoms with Crippen molar-refractivity contribution in [2.45, 2.75) is 52.0 Å². The average molecular weight is 395 g/mol. The quantitative estimate of drug-likeness (QED) is 0.639. The molecule has 0 spiro atoms. The summed E-state index contributed by atoms with van der Waals surface area (Å²) in [5.41, 5.74) is 10.7. The monoisotopic (exact) mass is 394 g/mol. The van der Waals surface area contributed by atoms with Crippen molar-refractivity contribution in [1.29, 1.82) is 0 Å². The van der Waals surface area contributed by atoms with Crippen LogP contribution in [0.15, 0.2) is 23.0 Å². The summed E-state index contributed by atoms with van der Waals surface area (Å²) in [6, 6.07) is 6.10. The summed E-state index contributed by atoms with van der Waals surface area (Å²) in [4.78, 5) is 25.6. The van der Waals surface area contributed by atoms with Gasteiger partial charge in [0.15, 0.2) is 0 Å². The SMILES string of the molecule is CC1CCc2c(sc3nc(C(C)N4CCCc5c(N)cccc54)[nH]c(=O)c23)C1. The van der Waals surface area contributed by atoms with Crippen molar-refractivity contribution >= 4 is 32.9 Å². The predicted octanol–water partition coefficient (Wildman–Crippen LogP) is 4.21. The molecule has 146 valence electrons. The van der Waals surface area contributed by atoms with Gasteiger partial charge in [0.1, 0.15) is 10.7 Å². The Morgan fingerprint density at radius 1 is 1.32 bits per heavy atom. The van der Waals surface area contributed by atoms with E-state index < -0.39 is 0 Å². The second-order valence-electron chi connectivity index (χ2n) is 8.30. The molecule has 6 heteroatoms. The van der Waals surface area contributed by atoms with Gasteiger partial charge < -0.3 is 15.6 Å². The molecule has 2 aromatic heterocycles. The number of anilines is 2. The summed E-state index contributed by atoms with van der Waals surface area (Å²) < 4.78 is 0. The summed E-state index contributed by atoms with van der Waals surface area (Å²) in [7, 11) is 0. The van der Waals surface area contributed by atoms with E-state index >= 15 is 0 Å². The smallest absolute Gasteiger partial charge is 0.259 e. The van der Waals surface area contributed by atoms with E-state index in [-0.39, 0.29) is 11.6 Å². The van der Waals surface area contributed by atoms with Crippen molar-refractivity contribution in [2.24, 2.45) is 5.92 Å². The Kier molecular flexibility index (Phi) is 4.19. The van der Waals surface area contributed by atoms with E-state index in [1.165, 1.54) is 21.7 Å². The summed E-state index contributed by atoms with van der Waals surface area (Å²) >= 11 is 1.71. The van der Waals surface area contributed by atoms with Gasteiger partial charge in [-0.15, -0.1) is 11.3 Å². The standard InChI is InChI=1S/C22H26N4OS/c1-12-8-9-15-18(11-12)28-22-19(15)21(27)24-20(25-22)13(2)26-10-4-5-14-16(23)6-3-7-17(14)26/h3,6-7,12-13H,4-5,8-11,23H2,1-2H3,(H,24,25,27). The van der Waals surface area contributed by atoms with Gasteiger partial charge in [-0.2, -0.15) is 0 Å². The van der Waals surface area contributed by atoms with Crippen molar-refractivity contribution in [1.82, 2.24) is 9.97 Å². The van der Waals surface area contributed by atoms with E-state index in [4.69, 9.17) is 10.7 Å². The third-order valence-corrected chi connectivity index (χ3v) is 7.52. The Balaban J connectivity index is 1.57. The Hall–Kier alpha value is -2.34. The molecule has 0 bridgehead atoms. The van der Waals surface area contributed by atoms with Crippen LogP contribution in [0.4, 0.5) is 11.4 Å². The van der Waals surface area contributed by atoms with Gasteiger partial charge in [0.2, 0.25) is 0 Å². The van der Waals surface area contributed by atoms with Crippen LogP contribution in [0.1, 0.15) is 54.6 Å². The van der Waals surface area contributed by atoms with Crippen LogP contribution in [0.5, 0.6) is 0 Å². The van der Waals surface area contributed by atoms with E-state index in [9.17, 15) is 4.79 Å². The molecule has 3 aromatic rings. The lowest BCUT2D eigenvalue weighted by atomic mass is 9.89. The molecule has 0 radical (unpaired) electrons. The van der Waals surface area contributed by atoms with E-state index in [1.807, 2.05) is 12.1 Å². The van der Waals surface area contributed by atoms with E-state index in [0.717, 1.165) is 60.4 Å². The molecule has 0 saturated heterocycles. The van der Waals surface area contributed by atoms with Crippen molar-refractivity contribution in [3.63, 3.8) is 0 Å². The largest absolute Gasteiger partial charge is 0.398 e. The molecule has 0 amide bonds. The Bertz CT molecular complexity index is 1120. The first-order valence-corrected chi connectivity index (χ1v) is 11.0. The summed E-state index contributed by atoms with van der Waals surface area (Å²) in [6.07, 6.45) is 5.28.